The van der Waals surface area contributed by atoms with E-state index in [2.05, 4.69) is 20.9 Å². The van der Waals surface area contributed by atoms with E-state index in [0.29, 0.717) is 17.1 Å². The van der Waals surface area contributed by atoms with Crippen molar-refractivity contribution in [1.29, 1.82) is 0 Å². The summed E-state index contributed by atoms with van der Waals surface area (Å²) in [5.41, 5.74) is 1.38. The minimum Gasteiger partial charge on any atom is -0.497 e. The van der Waals surface area contributed by atoms with Gasteiger partial charge >= 0.3 is 0 Å². The smallest absolute Gasteiger partial charge is 0.171 e. The topological polar surface area (TPSA) is 48.4 Å². The van der Waals surface area contributed by atoms with Gasteiger partial charge in [-0.3, -0.25) is 9.78 Å². The summed E-state index contributed by atoms with van der Waals surface area (Å²) in [5, 5.41) is 0. The molecule has 0 aliphatic heterocycles. The second kappa shape index (κ2) is 6.52. The number of nitrogens with zero attached hydrogens (tertiary/aromatic N) is 1. The Hall–Kier alpha value is -1.88. The quantitative estimate of drug-likeness (QED) is 0.786. The van der Waals surface area contributed by atoms with Gasteiger partial charge in [0.1, 0.15) is 11.5 Å². The molecule has 104 valence electrons. The van der Waals surface area contributed by atoms with Crippen LogP contribution in [0.25, 0.3) is 0 Å². The number of methoxy groups -OCH3 is 2. The van der Waals surface area contributed by atoms with E-state index in [0.717, 1.165) is 10.0 Å². The number of carbonyl (C=O) groups is 1. The first-order valence-electron chi connectivity index (χ1n) is 5.98. The van der Waals surface area contributed by atoms with Crippen LogP contribution in [-0.2, 0) is 6.42 Å². The number of benzene rings is 1. The predicted molar refractivity (Wildman–Crippen MR) is 79.5 cm³/mol. The highest BCUT2D eigenvalue weighted by Gasteiger charge is 2.14. The predicted octanol–water partition coefficient (Wildman–Crippen LogP) is 3.29. The Labute approximate surface area is 125 Å². The molecule has 1 aromatic carbocycles. The van der Waals surface area contributed by atoms with Crippen LogP contribution in [0, 0.1) is 0 Å². The van der Waals surface area contributed by atoms with Crippen LogP contribution in [0.4, 0.5) is 0 Å². The minimum atomic E-state index is -0.0237. The number of ether oxygens (including phenoxy) is 2. The maximum atomic E-state index is 12.3. The Balaban J connectivity index is 2.25. The van der Waals surface area contributed by atoms with Gasteiger partial charge in [0.05, 0.1) is 19.8 Å². The summed E-state index contributed by atoms with van der Waals surface area (Å²) in [7, 11) is 3.11. The third-order valence-electron chi connectivity index (χ3n) is 2.84. The van der Waals surface area contributed by atoms with Crippen LogP contribution < -0.4 is 9.47 Å². The van der Waals surface area contributed by atoms with Crippen LogP contribution in [0.15, 0.2) is 41.1 Å². The average Bonchev–Trinajstić information content (AvgIpc) is 2.46. The van der Waals surface area contributed by atoms with E-state index in [9.17, 15) is 4.79 Å². The van der Waals surface area contributed by atoms with Crippen LogP contribution in [0.5, 0.6) is 11.5 Å². The van der Waals surface area contributed by atoms with E-state index in [-0.39, 0.29) is 12.2 Å². The summed E-state index contributed by atoms with van der Waals surface area (Å²) in [6.07, 6.45) is 3.63. The van der Waals surface area contributed by atoms with Gasteiger partial charge in [-0.2, -0.15) is 0 Å². The average molecular weight is 336 g/mol. The SMILES string of the molecule is COc1ccc(C(=O)Cc2cncc(Br)c2)c(OC)c1. The maximum Gasteiger partial charge on any atom is 0.171 e. The number of carbonyl (C=O) groups excluding carboxylic acids is 1. The largest absolute Gasteiger partial charge is 0.497 e. The number of aromatic nitrogens is 1. The summed E-state index contributed by atoms with van der Waals surface area (Å²) in [5.74, 6) is 1.14. The van der Waals surface area contributed by atoms with Crippen molar-refractivity contribution >= 4 is 21.7 Å². The number of Topliss-reactive ketones (excluding diaryl/α,β-unsaturated/α-hetero) is 1. The highest BCUT2D eigenvalue weighted by Crippen LogP contribution is 2.26. The Kier molecular flexibility index (Phi) is 4.74. The molecule has 0 spiro atoms. The third-order valence-corrected chi connectivity index (χ3v) is 3.27. The van der Waals surface area contributed by atoms with Gasteiger partial charge < -0.3 is 9.47 Å². The first-order chi connectivity index (χ1) is 9.63. The van der Waals surface area contributed by atoms with Crippen LogP contribution >= 0.6 is 15.9 Å². The molecular weight excluding hydrogens is 322 g/mol. The van der Waals surface area contributed by atoms with E-state index in [1.807, 2.05) is 6.07 Å². The number of pyridine rings is 1. The lowest BCUT2D eigenvalue weighted by atomic mass is 10.0. The molecule has 0 radical (unpaired) electrons. The second-order valence-corrected chi connectivity index (χ2v) is 5.09. The zero-order chi connectivity index (χ0) is 14.5. The van der Waals surface area contributed by atoms with Gasteiger partial charge in [0, 0.05) is 29.4 Å². The van der Waals surface area contributed by atoms with Crippen LogP contribution in [0.2, 0.25) is 0 Å². The summed E-state index contributed by atoms with van der Waals surface area (Å²) >= 11 is 3.34. The fraction of sp³-hybridized carbons (Fsp3) is 0.200. The Bertz CT molecular complexity index is 628. The van der Waals surface area contributed by atoms with Gasteiger partial charge in [0.2, 0.25) is 0 Å². The number of hydrogen-bond donors (Lipinski definition) is 0. The summed E-state index contributed by atoms with van der Waals surface area (Å²) < 4.78 is 11.2. The normalized spacial score (nSPS) is 10.2. The maximum absolute atomic E-state index is 12.3. The molecule has 4 nitrogen and oxygen atoms in total. The minimum absolute atomic E-state index is 0.0237. The van der Waals surface area contributed by atoms with Gasteiger partial charge in [-0.05, 0) is 39.7 Å². The number of rotatable bonds is 5. The molecule has 0 aliphatic rings. The van der Waals surface area contributed by atoms with E-state index < -0.39 is 0 Å². The summed E-state index contributed by atoms with van der Waals surface area (Å²) in [6.45, 7) is 0. The molecule has 2 rings (SSSR count). The van der Waals surface area contributed by atoms with Crippen molar-refractivity contribution < 1.29 is 14.3 Å². The van der Waals surface area contributed by atoms with Gasteiger partial charge in [-0.1, -0.05) is 0 Å². The van der Waals surface area contributed by atoms with Crippen molar-refractivity contribution in [1.82, 2.24) is 4.98 Å². The molecule has 0 unspecified atom stereocenters. The monoisotopic (exact) mass is 335 g/mol. The van der Waals surface area contributed by atoms with Crippen LogP contribution in [0.3, 0.4) is 0 Å². The lowest BCUT2D eigenvalue weighted by Crippen LogP contribution is -2.06. The van der Waals surface area contributed by atoms with E-state index in [1.165, 1.54) is 7.11 Å². The van der Waals surface area contributed by atoms with E-state index >= 15 is 0 Å². The summed E-state index contributed by atoms with van der Waals surface area (Å²) in [6, 6.07) is 7.04. The molecule has 0 bridgehead atoms. The lowest BCUT2D eigenvalue weighted by molar-refractivity contribution is 0.0990. The molecule has 0 amide bonds. The van der Waals surface area contributed by atoms with Crippen molar-refractivity contribution in [3.05, 3.63) is 52.3 Å². The number of hydrogen-bond acceptors (Lipinski definition) is 4. The number of halogens is 1. The van der Waals surface area contributed by atoms with Gasteiger partial charge in [0.25, 0.3) is 0 Å². The van der Waals surface area contributed by atoms with Crippen LogP contribution in [-0.4, -0.2) is 25.0 Å². The van der Waals surface area contributed by atoms with Crippen molar-refractivity contribution in [2.75, 3.05) is 14.2 Å². The molecule has 20 heavy (non-hydrogen) atoms. The number of ketones is 1. The highest BCUT2D eigenvalue weighted by atomic mass is 79.9. The molecule has 2 aromatic rings. The molecule has 0 aliphatic carbocycles. The molecule has 1 aromatic heterocycles. The first kappa shape index (κ1) is 14.5. The van der Waals surface area contributed by atoms with Gasteiger partial charge in [0.15, 0.2) is 5.78 Å². The zero-order valence-corrected chi connectivity index (χ0v) is 12.8. The first-order valence-corrected chi connectivity index (χ1v) is 6.78. The van der Waals surface area contributed by atoms with Gasteiger partial charge in [-0.25, -0.2) is 0 Å². The molecule has 0 saturated heterocycles. The standard InChI is InChI=1S/C15H14BrNO3/c1-19-12-3-4-13(15(7-12)20-2)14(18)6-10-5-11(16)9-17-8-10/h3-5,7-9H,6H2,1-2H3. The summed E-state index contributed by atoms with van der Waals surface area (Å²) in [4.78, 5) is 16.4. The van der Waals surface area contributed by atoms with Crippen LogP contribution in [0.1, 0.15) is 15.9 Å². The molecule has 0 saturated carbocycles. The Morgan fingerprint density at radius 1 is 1.20 bits per heavy atom. The molecule has 1 heterocycles. The molecule has 0 N–H and O–H groups in total. The third kappa shape index (κ3) is 3.36. The molecular formula is C15H14BrNO3. The fourth-order valence-electron chi connectivity index (χ4n) is 1.86. The van der Waals surface area contributed by atoms with Crippen molar-refractivity contribution in [2.45, 2.75) is 6.42 Å². The zero-order valence-electron chi connectivity index (χ0n) is 11.2. The van der Waals surface area contributed by atoms with Crippen molar-refractivity contribution in [2.24, 2.45) is 0 Å². The molecule has 0 fully saturated rings. The van der Waals surface area contributed by atoms with Crippen molar-refractivity contribution in [3.63, 3.8) is 0 Å². The lowest BCUT2D eigenvalue weighted by Gasteiger charge is -2.09. The molecule has 5 heteroatoms. The Morgan fingerprint density at radius 3 is 2.65 bits per heavy atom. The van der Waals surface area contributed by atoms with Gasteiger partial charge in [-0.15, -0.1) is 0 Å². The fourth-order valence-corrected chi connectivity index (χ4v) is 2.27. The second-order valence-electron chi connectivity index (χ2n) is 4.18. The highest BCUT2D eigenvalue weighted by molar-refractivity contribution is 9.10. The Morgan fingerprint density at radius 2 is 2.00 bits per heavy atom. The van der Waals surface area contributed by atoms with E-state index in [4.69, 9.17) is 9.47 Å². The van der Waals surface area contributed by atoms with Crippen molar-refractivity contribution in [3.8, 4) is 11.5 Å². The van der Waals surface area contributed by atoms with E-state index in [1.54, 1.807) is 37.7 Å². The molecule has 0 atom stereocenters.